The molecule has 50 heavy (non-hydrogen) atoms. The average molecular weight is 712 g/mol. The molecule has 1 fully saturated rings. The van der Waals surface area contributed by atoms with Crippen molar-refractivity contribution in [3.63, 3.8) is 0 Å². The van der Waals surface area contributed by atoms with Crippen molar-refractivity contribution in [2.24, 2.45) is 5.73 Å². The van der Waals surface area contributed by atoms with E-state index in [4.69, 9.17) is 38.8 Å². The van der Waals surface area contributed by atoms with Gasteiger partial charge in [0.05, 0.1) is 30.5 Å². The second-order valence-corrected chi connectivity index (χ2v) is 14.0. The molecule has 2 N–H and O–H groups in total. The number of amides is 2. The SMILES string of the molecule is NC(=O)C(=O)N1CCc2c(c(-c3ccc(Cl)c(C#Cc4ccc5c(c4)CN(Cc4ccc(Cl)cc4)CC5)c3)nn2CCCN2CCOCC2)C1. The van der Waals surface area contributed by atoms with Crippen LogP contribution in [-0.2, 0) is 53.3 Å². The summed E-state index contributed by atoms with van der Waals surface area (Å²) in [4.78, 5) is 30.7. The van der Waals surface area contributed by atoms with Crippen molar-refractivity contribution in [3.05, 3.63) is 110 Å². The molecule has 2 amide bonds. The summed E-state index contributed by atoms with van der Waals surface area (Å²) >= 11 is 12.8. The highest BCUT2D eigenvalue weighted by Gasteiger charge is 2.30. The second kappa shape index (κ2) is 15.4. The molecule has 3 aliphatic heterocycles. The topological polar surface area (TPSA) is 96.9 Å². The first kappa shape index (κ1) is 34.3. The molecular formula is C39H40Cl2N6O3. The molecule has 258 valence electrons. The van der Waals surface area contributed by atoms with Gasteiger partial charge in [0.25, 0.3) is 0 Å². The van der Waals surface area contributed by atoms with Gasteiger partial charge >= 0.3 is 11.8 Å². The first-order valence-electron chi connectivity index (χ1n) is 17.2. The monoisotopic (exact) mass is 710 g/mol. The van der Waals surface area contributed by atoms with Crippen LogP contribution in [0.3, 0.4) is 0 Å². The predicted octanol–water partition coefficient (Wildman–Crippen LogP) is 4.91. The summed E-state index contributed by atoms with van der Waals surface area (Å²) in [6.07, 6.45) is 2.53. The molecule has 1 saturated heterocycles. The van der Waals surface area contributed by atoms with Crippen LogP contribution in [-0.4, -0.2) is 82.2 Å². The van der Waals surface area contributed by atoms with Crippen LogP contribution in [0, 0.1) is 11.8 Å². The average Bonchev–Trinajstić information content (AvgIpc) is 3.49. The van der Waals surface area contributed by atoms with Crippen LogP contribution < -0.4 is 5.73 Å². The van der Waals surface area contributed by atoms with Gasteiger partial charge in [-0.05, 0) is 65.9 Å². The van der Waals surface area contributed by atoms with Crippen molar-refractivity contribution in [1.29, 1.82) is 0 Å². The highest BCUT2D eigenvalue weighted by atomic mass is 35.5. The Bertz CT molecular complexity index is 1960. The van der Waals surface area contributed by atoms with Crippen LogP contribution in [0.25, 0.3) is 11.3 Å². The minimum Gasteiger partial charge on any atom is -0.379 e. The highest BCUT2D eigenvalue weighted by Crippen LogP contribution is 2.33. The van der Waals surface area contributed by atoms with Gasteiger partial charge in [-0.1, -0.05) is 59.3 Å². The van der Waals surface area contributed by atoms with Crippen LogP contribution in [0.4, 0.5) is 0 Å². The van der Waals surface area contributed by atoms with Crippen LogP contribution >= 0.6 is 23.2 Å². The van der Waals surface area contributed by atoms with Crippen molar-refractivity contribution >= 4 is 35.0 Å². The molecule has 0 bridgehead atoms. The third kappa shape index (κ3) is 7.91. The molecule has 0 unspecified atom stereocenters. The van der Waals surface area contributed by atoms with E-state index in [-0.39, 0.29) is 6.54 Å². The number of hydrogen-bond donors (Lipinski definition) is 1. The van der Waals surface area contributed by atoms with Crippen molar-refractivity contribution in [3.8, 4) is 23.1 Å². The summed E-state index contributed by atoms with van der Waals surface area (Å²) in [5.41, 5.74) is 14.5. The first-order chi connectivity index (χ1) is 24.3. The zero-order chi connectivity index (χ0) is 34.6. The van der Waals surface area contributed by atoms with E-state index in [2.05, 4.69) is 56.7 Å². The molecule has 9 nitrogen and oxygen atoms in total. The van der Waals surface area contributed by atoms with Crippen LogP contribution in [0.2, 0.25) is 10.0 Å². The lowest BCUT2D eigenvalue weighted by atomic mass is 9.96. The third-order valence-electron chi connectivity index (χ3n) is 9.78. The van der Waals surface area contributed by atoms with Gasteiger partial charge in [-0.15, -0.1) is 0 Å². The summed E-state index contributed by atoms with van der Waals surface area (Å²) in [5.74, 6) is 5.04. The van der Waals surface area contributed by atoms with Gasteiger partial charge in [0.1, 0.15) is 0 Å². The number of hydrogen-bond acceptors (Lipinski definition) is 6. The lowest BCUT2D eigenvalue weighted by Crippen LogP contribution is -2.43. The fourth-order valence-corrected chi connectivity index (χ4v) is 7.38. The minimum absolute atomic E-state index is 0.268. The standard InChI is InChI=1S/C39H40Cl2N6O3/c40-33-9-4-28(5-10-33)24-45-16-12-29-6-2-27(22-32(29)25-45)3-7-30-23-31(8-11-35(30)41)37-34-26-46(39(49)38(42)48)17-13-36(34)47(43-37)15-1-14-44-18-20-50-21-19-44/h2,4-6,8-11,22-23H,1,12-21,24-26H2,(H2,42,48). The number of morpholine rings is 1. The van der Waals surface area contributed by atoms with Crippen LogP contribution in [0.5, 0.6) is 0 Å². The smallest absolute Gasteiger partial charge is 0.311 e. The number of aromatic nitrogens is 2. The van der Waals surface area contributed by atoms with E-state index in [1.165, 1.54) is 21.6 Å². The molecule has 4 heterocycles. The molecule has 0 atom stereocenters. The van der Waals surface area contributed by atoms with Crippen molar-refractivity contribution in [2.45, 2.75) is 45.4 Å². The third-order valence-corrected chi connectivity index (χ3v) is 10.4. The molecular weight excluding hydrogens is 671 g/mol. The number of primary amides is 1. The minimum atomic E-state index is -0.951. The van der Waals surface area contributed by atoms with Gasteiger partial charge < -0.3 is 15.4 Å². The first-order valence-corrected chi connectivity index (χ1v) is 17.9. The molecule has 0 radical (unpaired) electrons. The number of aryl methyl sites for hydroxylation is 1. The summed E-state index contributed by atoms with van der Waals surface area (Å²) < 4.78 is 7.57. The number of fused-ring (bicyclic) bond motifs is 2. The molecule has 4 aromatic rings. The Labute approximate surface area is 302 Å². The number of carbonyl (C=O) groups is 2. The molecule has 1 aromatic heterocycles. The van der Waals surface area contributed by atoms with Crippen LogP contribution in [0.1, 0.15) is 45.5 Å². The zero-order valence-corrected chi connectivity index (χ0v) is 29.5. The van der Waals surface area contributed by atoms with Crippen molar-refractivity contribution in [2.75, 3.05) is 45.9 Å². The normalized spacial score (nSPS) is 16.3. The molecule has 7 rings (SSSR count). The lowest BCUT2D eigenvalue weighted by Gasteiger charge is -2.29. The van der Waals surface area contributed by atoms with E-state index in [0.717, 1.165) is 105 Å². The van der Waals surface area contributed by atoms with Gasteiger partial charge in [0.15, 0.2) is 0 Å². The molecule has 0 aliphatic carbocycles. The van der Waals surface area contributed by atoms with E-state index in [0.29, 0.717) is 23.6 Å². The fourth-order valence-electron chi connectivity index (χ4n) is 7.09. The van der Waals surface area contributed by atoms with E-state index in [1.807, 2.05) is 30.3 Å². The van der Waals surface area contributed by atoms with E-state index < -0.39 is 11.8 Å². The Morgan fingerprint density at radius 3 is 2.46 bits per heavy atom. The Morgan fingerprint density at radius 2 is 1.66 bits per heavy atom. The summed E-state index contributed by atoms with van der Waals surface area (Å²) in [6.45, 7) is 8.55. The predicted molar refractivity (Wildman–Crippen MR) is 195 cm³/mol. The molecule has 3 aliphatic rings. The molecule has 11 heteroatoms. The summed E-state index contributed by atoms with van der Waals surface area (Å²) in [5, 5.41) is 6.38. The maximum atomic E-state index is 12.6. The van der Waals surface area contributed by atoms with Crippen molar-refractivity contribution < 1.29 is 14.3 Å². The quantitative estimate of drug-likeness (QED) is 0.217. The van der Waals surface area contributed by atoms with E-state index >= 15 is 0 Å². The highest BCUT2D eigenvalue weighted by molar-refractivity contribution is 6.34. The summed E-state index contributed by atoms with van der Waals surface area (Å²) in [7, 11) is 0. The summed E-state index contributed by atoms with van der Waals surface area (Å²) in [6, 6.07) is 20.3. The number of ether oxygens (including phenoxy) is 1. The fraction of sp³-hybridized carbons (Fsp3) is 0.359. The Hall–Kier alpha value is -4.17. The van der Waals surface area contributed by atoms with Crippen molar-refractivity contribution in [1.82, 2.24) is 24.5 Å². The van der Waals surface area contributed by atoms with Crippen LogP contribution in [0.15, 0.2) is 60.7 Å². The lowest BCUT2D eigenvalue weighted by molar-refractivity contribution is -0.144. The number of rotatable bonds is 7. The number of nitrogens with two attached hydrogens (primary N) is 1. The number of nitrogens with zero attached hydrogens (tertiary/aromatic N) is 5. The van der Waals surface area contributed by atoms with E-state index in [1.54, 1.807) is 0 Å². The zero-order valence-electron chi connectivity index (χ0n) is 28.0. The maximum absolute atomic E-state index is 12.6. The molecule has 3 aromatic carbocycles. The Balaban J connectivity index is 1.12. The van der Waals surface area contributed by atoms with Gasteiger partial charge in [-0.25, -0.2) is 0 Å². The number of carbonyl (C=O) groups excluding carboxylic acids is 2. The second-order valence-electron chi connectivity index (χ2n) is 13.2. The van der Waals surface area contributed by atoms with Gasteiger partial charge in [-0.3, -0.25) is 24.1 Å². The number of halogens is 2. The molecule has 0 spiro atoms. The number of benzene rings is 3. The Morgan fingerprint density at radius 1 is 0.840 bits per heavy atom. The van der Waals surface area contributed by atoms with Gasteiger partial charge in [-0.2, -0.15) is 5.10 Å². The maximum Gasteiger partial charge on any atom is 0.311 e. The van der Waals surface area contributed by atoms with Gasteiger partial charge in [0.2, 0.25) is 0 Å². The van der Waals surface area contributed by atoms with E-state index in [9.17, 15) is 9.59 Å². The Kier molecular flexibility index (Phi) is 10.5. The molecule has 0 saturated carbocycles. The largest absolute Gasteiger partial charge is 0.379 e. The van der Waals surface area contributed by atoms with Gasteiger partial charge in [0, 0.05) is 91.7 Å².